The standard InChI is InChI=1S/C16H11N3O3/c20-16(11-6-2-1-3-7-11)18-15-14(19(21)22)10-12-8-4-5-9-13(12)17-15/h1-10H,(H,17,18,20). The summed E-state index contributed by atoms with van der Waals surface area (Å²) in [6.07, 6.45) is 0. The van der Waals surface area contributed by atoms with Crippen molar-refractivity contribution in [3.05, 3.63) is 76.3 Å². The molecule has 0 fully saturated rings. The van der Waals surface area contributed by atoms with Gasteiger partial charge in [0.1, 0.15) is 0 Å². The van der Waals surface area contributed by atoms with Crippen LogP contribution < -0.4 is 5.32 Å². The zero-order chi connectivity index (χ0) is 15.5. The molecule has 0 unspecified atom stereocenters. The van der Waals surface area contributed by atoms with E-state index >= 15 is 0 Å². The van der Waals surface area contributed by atoms with Gasteiger partial charge in [-0.15, -0.1) is 0 Å². The highest BCUT2D eigenvalue weighted by molar-refractivity contribution is 6.05. The second kappa shape index (κ2) is 5.61. The summed E-state index contributed by atoms with van der Waals surface area (Å²) in [7, 11) is 0. The normalized spacial score (nSPS) is 10.4. The first kappa shape index (κ1) is 13.7. The van der Waals surface area contributed by atoms with E-state index in [-0.39, 0.29) is 11.5 Å². The lowest BCUT2D eigenvalue weighted by Crippen LogP contribution is -2.14. The van der Waals surface area contributed by atoms with E-state index in [1.807, 2.05) is 0 Å². The minimum absolute atomic E-state index is 0.0578. The lowest BCUT2D eigenvalue weighted by molar-refractivity contribution is -0.384. The van der Waals surface area contributed by atoms with E-state index in [2.05, 4.69) is 10.3 Å². The molecule has 0 saturated carbocycles. The number of nitrogens with one attached hydrogen (secondary N) is 1. The third-order valence-corrected chi connectivity index (χ3v) is 3.17. The molecule has 0 aliphatic heterocycles. The number of hydrogen-bond acceptors (Lipinski definition) is 4. The van der Waals surface area contributed by atoms with E-state index in [4.69, 9.17) is 0 Å². The topological polar surface area (TPSA) is 85.1 Å². The van der Waals surface area contributed by atoms with Crippen LogP contribution in [-0.4, -0.2) is 15.8 Å². The first-order chi connectivity index (χ1) is 10.6. The summed E-state index contributed by atoms with van der Waals surface area (Å²) in [5.74, 6) is -0.496. The van der Waals surface area contributed by atoms with Crippen molar-refractivity contribution >= 4 is 28.3 Å². The van der Waals surface area contributed by atoms with Gasteiger partial charge in [0, 0.05) is 17.0 Å². The van der Waals surface area contributed by atoms with Gasteiger partial charge in [0.15, 0.2) is 0 Å². The van der Waals surface area contributed by atoms with E-state index in [0.29, 0.717) is 16.5 Å². The average Bonchev–Trinajstić information content (AvgIpc) is 2.54. The number of para-hydroxylation sites is 1. The van der Waals surface area contributed by atoms with Crippen LogP contribution in [0.4, 0.5) is 11.5 Å². The Morgan fingerprint density at radius 3 is 2.45 bits per heavy atom. The lowest BCUT2D eigenvalue weighted by atomic mass is 10.2. The number of carbonyl (C=O) groups excluding carboxylic acids is 1. The lowest BCUT2D eigenvalue weighted by Gasteiger charge is -2.06. The number of pyridine rings is 1. The van der Waals surface area contributed by atoms with E-state index < -0.39 is 10.8 Å². The van der Waals surface area contributed by atoms with Crippen molar-refractivity contribution in [3.63, 3.8) is 0 Å². The van der Waals surface area contributed by atoms with E-state index in [1.54, 1.807) is 54.6 Å². The minimum Gasteiger partial charge on any atom is -0.301 e. The molecule has 0 atom stereocenters. The monoisotopic (exact) mass is 293 g/mol. The molecule has 1 heterocycles. The molecular formula is C16H11N3O3. The van der Waals surface area contributed by atoms with Crippen LogP contribution in [0.15, 0.2) is 60.7 Å². The Labute approximate surface area is 125 Å². The second-order valence-electron chi connectivity index (χ2n) is 4.63. The zero-order valence-electron chi connectivity index (χ0n) is 11.4. The molecule has 3 rings (SSSR count). The summed E-state index contributed by atoms with van der Waals surface area (Å²) >= 11 is 0. The molecule has 0 radical (unpaired) electrons. The van der Waals surface area contributed by atoms with Gasteiger partial charge in [0.05, 0.1) is 10.4 Å². The number of fused-ring (bicyclic) bond motifs is 1. The summed E-state index contributed by atoms with van der Waals surface area (Å²) in [4.78, 5) is 27.0. The molecule has 1 aromatic heterocycles. The molecular weight excluding hydrogens is 282 g/mol. The molecule has 1 amide bonds. The largest absolute Gasteiger partial charge is 0.312 e. The SMILES string of the molecule is O=C(Nc1nc2ccccc2cc1[N+](=O)[O-])c1ccccc1. The predicted octanol–water partition coefficient (Wildman–Crippen LogP) is 3.40. The summed E-state index contributed by atoms with van der Waals surface area (Å²) in [5.41, 5.74) is 0.756. The maximum atomic E-state index is 12.2. The van der Waals surface area contributed by atoms with Crippen LogP contribution in [0.2, 0.25) is 0 Å². The molecule has 6 nitrogen and oxygen atoms in total. The van der Waals surface area contributed by atoms with Gasteiger partial charge in [0.25, 0.3) is 5.91 Å². The summed E-state index contributed by atoms with van der Waals surface area (Å²) in [6.45, 7) is 0. The number of hydrogen-bond donors (Lipinski definition) is 1. The smallest absolute Gasteiger partial charge is 0.301 e. The molecule has 3 aromatic rings. The van der Waals surface area contributed by atoms with Crippen LogP contribution in [0.25, 0.3) is 10.9 Å². The number of nitrogens with zero attached hydrogens (tertiary/aromatic N) is 2. The summed E-state index contributed by atoms with van der Waals surface area (Å²) in [5, 5.41) is 14.4. The van der Waals surface area contributed by atoms with Gasteiger partial charge in [0.2, 0.25) is 5.82 Å². The van der Waals surface area contributed by atoms with Gasteiger partial charge < -0.3 is 5.32 Å². The third kappa shape index (κ3) is 2.62. The fourth-order valence-electron chi connectivity index (χ4n) is 2.11. The van der Waals surface area contributed by atoms with Crippen LogP contribution in [0.5, 0.6) is 0 Å². The molecule has 0 aliphatic rings. The minimum atomic E-state index is -0.556. The maximum Gasteiger partial charge on any atom is 0.312 e. The number of nitro groups is 1. The van der Waals surface area contributed by atoms with Crippen LogP contribution >= 0.6 is 0 Å². The Bertz CT molecular complexity index is 863. The summed E-state index contributed by atoms with van der Waals surface area (Å²) < 4.78 is 0. The van der Waals surface area contributed by atoms with Gasteiger partial charge in [-0.05, 0) is 18.2 Å². The first-order valence-corrected chi connectivity index (χ1v) is 6.56. The van der Waals surface area contributed by atoms with Crippen molar-refractivity contribution in [2.75, 3.05) is 5.32 Å². The molecule has 0 bridgehead atoms. The predicted molar refractivity (Wildman–Crippen MR) is 82.8 cm³/mol. The quantitative estimate of drug-likeness (QED) is 0.592. The number of benzene rings is 2. The number of rotatable bonds is 3. The Morgan fingerprint density at radius 2 is 1.73 bits per heavy atom. The van der Waals surface area contributed by atoms with E-state index in [0.717, 1.165) is 0 Å². The van der Waals surface area contributed by atoms with Crippen LogP contribution in [-0.2, 0) is 0 Å². The van der Waals surface area contributed by atoms with Crippen molar-refractivity contribution < 1.29 is 9.72 Å². The van der Waals surface area contributed by atoms with Crippen LogP contribution in [0, 0.1) is 10.1 Å². The third-order valence-electron chi connectivity index (χ3n) is 3.17. The highest BCUT2D eigenvalue weighted by atomic mass is 16.6. The van der Waals surface area contributed by atoms with Gasteiger partial charge >= 0.3 is 5.69 Å². The Morgan fingerprint density at radius 1 is 1.05 bits per heavy atom. The number of aromatic nitrogens is 1. The Balaban J connectivity index is 2.03. The molecule has 0 spiro atoms. The first-order valence-electron chi connectivity index (χ1n) is 6.56. The van der Waals surface area contributed by atoms with Crippen LogP contribution in [0.1, 0.15) is 10.4 Å². The highest BCUT2D eigenvalue weighted by Crippen LogP contribution is 2.27. The van der Waals surface area contributed by atoms with Gasteiger partial charge in [-0.3, -0.25) is 14.9 Å². The molecule has 0 saturated heterocycles. The molecule has 22 heavy (non-hydrogen) atoms. The Hall–Kier alpha value is -3.28. The molecule has 6 heteroatoms. The number of carbonyl (C=O) groups is 1. The molecule has 0 aliphatic carbocycles. The number of amides is 1. The average molecular weight is 293 g/mol. The zero-order valence-corrected chi connectivity index (χ0v) is 11.4. The van der Waals surface area contributed by atoms with Gasteiger partial charge in [-0.25, -0.2) is 4.98 Å². The van der Waals surface area contributed by atoms with Crippen molar-refractivity contribution in [2.24, 2.45) is 0 Å². The van der Waals surface area contributed by atoms with Crippen LogP contribution in [0.3, 0.4) is 0 Å². The summed E-state index contributed by atoms with van der Waals surface area (Å²) in [6, 6.07) is 16.9. The van der Waals surface area contributed by atoms with Crippen molar-refractivity contribution in [2.45, 2.75) is 0 Å². The highest BCUT2D eigenvalue weighted by Gasteiger charge is 2.19. The molecule has 108 valence electrons. The van der Waals surface area contributed by atoms with Gasteiger partial charge in [-0.2, -0.15) is 0 Å². The maximum absolute atomic E-state index is 12.2. The van der Waals surface area contributed by atoms with E-state index in [1.165, 1.54) is 6.07 Å². The number of anilines is 1. The van der Waals surface area contributed by atoms with E-state index in [9.17, 15) is 14.9 Å². The van der Waals surface area contributed by atoms with Gasteiger partial charge in [-0.1, -0.05) is 36.4 Å². The van der Waals surface area contributed by atoms with Crippen molar-refractivity contribution in [1.82, 2.24) is 4.98 Å². The second-order valence-corrected chi connectivity index (χ2v) is 4.63. The molecule has 2 aromatic carbocycles. The molecule has 1 N–H and O–H groups in total. The van der Waals surface area contributed by atoms with Crippen molar-refractivity contribution in [1.29, 1.82) is 0 Å². The fraction of sp³-hybridized carbons (Fsp3) is 0. The van der Waals surface area contributed by atoms with Crippen molar-refractivity contribution in [3.8, 4) is 0 Å². The fourth-order valence-corrected chi connectivity index (χ4v) is 2.11. The Kier molecular flexibility index (Phi) is 3.49.